The molecule has 1 aromatic carbocycles. The Bertz CT molecular complexity index is 910. The minimum absolute atomic E-state index is 0.00441. The van der Waals surface area contributed by atoms with Crippen molar-refractivity contribution in [1.29, 1.82) is 0 Å². The molecule has 140 valence electrons. The van der Waals surface area contributed by atoms with Crippen LogP contribution in [0.2, 0.25) is 0 Å². The number of aliphatic imine (C=N–C) groups is 1. The molecule has 0 spiro atoms. The highest BCUT2D eigenvalue weighted by Crippen LogP contribution is 2.48. The fourth-order valence-electron chi connectivity index (χ4n) is 3.55. The fraction of sp³-hybridized carbons (Fsp3) is 0.333. The van der Waals surface area contributed by atoms with Crippen molar-refractivity contribution < 1.29 is 13.9 Å². The van der Waals surface area contributed by atoms with Crippen LogP contribution in [-0.2, 0) is 10.3 Å². The first-order valence-corrected chi connectivity index (χ1v) is 9.45. The van der Waals surface area contributed by atoms with Gasteiger partial charge in [0.25, 0.3) is 5.91 Å². The van der Waals surface area contributed by atoms with E-state index in [2.05, 4.69) is 20.3 Å². The van der Waals surface area contributed by atoms with Crippen LogP contribution in [0, 0.1) is 11.7 Å². The van der Waals surface area contributed by atoms with Crippen LogP contribution < -0.4 is 11.1 Å². The van der Waals surface area contributed by atoms with Crippen molar-refractivity contribution in [1.82, 2.24) is 9.97 Å². The summed E-state index contributed by atoms with van der Waals surface area (Å²) in [5.74, 6) is -0.131. The Morgan fingerprint density at radius 2 is 2.30 bits per heavy atom. The Morgan fingerprint density at radius 1 is 1.44 bits per heavy atom. The lowest BCUT2D eigenvalue weighted by atomic mass is 9.79. The van der Waals surface area contributed by atoms with Gasteiger partial charge >= 0.3 is 0 Å². The average molecular weight is 387 g/mol. The van der Waals surface area contributed by atoms with Crippen molar-refractivity contribution in [3.05, 3.63) is 53.9 Å². The van der Waals surface area contributed by atoms with Crippen LogP contribution in [0.15, 0.2) is 41.8 Å². The summed E-state index contributed by atoms with van der Waals surface area (Å²) in [4.78, 5) is 24.8. The Kier molecular flexibility index (Phi) is 4.56. The molecule has 1 aromatic heterocycles. The first-order chi connectivity index (χ1) is 13.0. The lowest BCUT2D eigenvalue weighted by Gasteiger charge is -2.35. The van der Waals surface area contributed by atoms with Crippen LogP contribution in [0.4, 0.5) is 10.1 Å². The molecule has 0 unspecified atom stereocenters. The molecule has 9 heteroatoms. The maximum absolute atomic E-state index is 14.8. The van der Waals surface area contributed by atoms with Crippen LogP contribution in [0.3, 0.4) is 0 Å². The van der Waals surface area contributed by atoms with Gasteiger partial charge in [-0.25, -0.2) is 14.4 Å². The van der Waals surface area contributed by atoms with E-state index in [1.54, 1.807) is 6.07 Å². The summed E-state index contributed by atoms with van der Waals surface area (Å²) < 4.78 is 20.6. The number of amides is 1. The topological polar surface area (TPSA) is 102 Å². The summed E-state index contributed by atoms with van der Waals surface area (Å²) in [5, 5.41) is 3.14. The second-order valence-electron chi connectivity index (χ2n) is 6.55. The van der Waals surface area contributed by atoms with E-state index in [0.29, 0.717) is 22.2 Å². The minimum Gasteiger partial charge on any atom is -0.379 e. The zero-order valence-corrected chi connectivity index (χ0v) is 15.4. The molecule has 3 atom stereocenters. The van der Waals surface area contributed by atoms with Crippen LogP contribution in [0.25, 0.3) is 0 Å². The second kappa shape index (κ2) is 6.90. The van der Waals surface area contributed by atoms with Crippen molar-refractivity contribution in [3.8, 4) is 0 Å². The number of nitrogens with two attached hydrogens (primary N) is 1. The number of rotatable bonds is 3. The Hall–Kier alpha value is -2.52. The number of hydrogen-bond acceptors (Lipinski definition) is 7. The van der Waals surface area contributed by atoms with Gasteiger partial charge in [0.2, 0.25) is 0 Å². The smallest absolute Gasteiger partial charge is 0.275 e. The van der Waals surface area contributed by atoms with Gasteiger partial charge < -0.3 is 15.8 Å². The summed E-state index contributed by atoms with van der Waals surface area (Å²) in [6.07, 6.45) is 4.22. The van der Waals surface area contributed by atoms with E-state index in [4.69, 9.17) is 10.5 Å². The van der Waals surface area contributed by atoms with E-state index in [1.165, 1.54) is 42.5 Å². The highest BCUT2D eigenvalue weighted by atomic mass is 32.2. The van der Waals surface area contributed by atoms with Crippen molar-refractivity contribution in [3.63, 3.8) is 0 Å². The molecule has 0 aliphatic carbocycles. The quantitative estimate of drug-likeness (QED) is 0.837. The number of halogens is 1. The van der Waals surface area contributed by atoms with Crippen LogP contribution in [0.1, 0.15) is 23.0 Å². The van der Waals surface area contributed by atoms with Gasteiger partial charge in [0, 0.05) is 35.3 Å². The molecule has 0 radical (unpaired) electrons. The number of fused-ring (bicyclic) bond motifs is 1. The van der Waals surface area contributed by atoms with E-state index < -0.39 is 17.3 Å². The standard InChI is InChI=1S/C18H18FN5O2S/c1-10-13-8-27-17(20)24-18(13,9-26-10)12-6-11(2-3-14(12)19)23-16(25)15-7-21-4-5-22-15/h2-7,10,13H,8-9H2,1H3,(H2,20,24)(H,23,25)/t10-,13-,18-/m1/s1. The molecular formula is C18H18FN5O2S. The highest BCUT2D eigenvalue weighted by Gasteiger charge is 2.52. The SMILES string of the molecule is C[C@H]1OC[C@]2(c3cc(NC(=O)c4cnccn4)ccc3F)N=C(N)SC[C@H]12. The van der Waals surface area contributed by atoms with Crippen molar-refractivity contribution >= 4 is 28.5 Å². The van der Waals surface area contributed by atoms with E-state index in [0.717, 1.165) is 0 Å². The Morgan fingerprint density at radius 3 is 3.07 bits per heavy atom. The number of nitrogens with zero attached hydrogens (tertiary/aromatic N) is 3. The number of ether oxygens (including phenoxy) is 1. The number of anilines is 1. The van der Waals surface area contributed by atoms with Gasteiger partial charge in [-0.05, 0) is 25.1 Å². The predicted octanol–water partition coefficient (Wildman–Crippen LogP) is 2.16. The molecule has 1 saturated heterocycles. The summed E-state index contributed by atoms with van der Waals surface area (Å²) in [6, 6.07) is 4.43. The monoisotopic (exact) mass is 387 g/mol. The van der Waals surface area contributed by atoms with E-state index in [9.17, 15) is 9.18 Å². The van der Waals surface area contributed by atoms with Gasteiger partial charge in [-0.15, -0.1) is 0 Å². The third kappa shape index (κ3) is 3.17. The Labute approximate surface area is 159 Å². The van der Waals surface area contributed by atoms with Gasteiger partial charge in [0.1, 0.15) is 17.1 Å². The Balaban J connectivity index is 1.70. The molecule has 0 saturated carbocycles. The number of hydrogen-bond donors (Lipinski definition) is 2. The number of carbonyl (C=O) groups excluding carboxylic acids is 1. The first kappa shape index (κ1) is 17.9. The van der Waals surface area contributed by atoms with Gasteiger partial charge in [0.15, 0.2) is 5.17 Å². The molecular weight excluding hydrogens is 369 g/mol. The fourth-order valence-corrected chi connectivity index (χ4v) is 4.67. The summed E-state index contributed by atoms with van der Waals surface area (Å²) in [5.41, 5.74) is 6.06. The third-order valence-electron chi connectivity index (χ3n) is 4.95. The molecule has 0 bridgehead atoms. The molecule has 2 aliphatic rings. The number of thioether (sulfide) groups is 1. The molecule has 27 heavy (non-hydrogen) atoms. The molecule has 1 amide bonds. The summed E-state index contributed by atoms with van der Waals surface area (Å²) in [7, 11) is 0. The second-order valence-corrected chi connectivity index (χ2v) is 7.59. The molecule has 2 aromatic rings. The normalized spacial score (nSPS) is 27.0. The van der Waals surface area contributed by atoms with E-state index in [-0.39, 0.29) is 24.3 Å². The lowest BCUT2D eigenvalue weighted by molar-refractivity contribution is 0.102. The summed E-state index contributed by atoms with van der Waals surface area (Å²) in [6.45, 7) is 2.21. The molecule has 3 heterocycles. The van der Waals surface area contributed by atoms with E-state index in [1.807, 2.05) is 6.92 Å². The molecule has 4 rings (SSSR count). The maximum Gasteiger partial charge on any atom is 0.275 e. The molecule has 3 N–H and O–H groups in total. The number of aromatic nitrogens is 2. The van der Waals surface area contributed by atoms with Crippen molar-refractivity contribution in [2.75, 3.05) is 17.7 Å². The number of benzene rings is 1. The number of carbonyl (C=O) groups is 1. The minimum atomic E-state index is -0.883. The number of amidine groups is 1. The van der Waals surface area contributed by atoms with Crippen molar-refractivity contribution in [2.45, 2.75) is 18.6 Å². The maximum atomic E-state index is 14.8. The van der Waals surface area contributed by atoms with Gasteiger partial charge in [-0.2, -0.15) is 0 Å². The third-order valence-corrected chi connectivity index (χ3v) is 5.87. The largest absolute Gasteiger partial charge is 0.379 e. The number of nitrogens with one attached hydrogen (secondary N) is 1. The zero-order chi connectivity index (χ0) is 19.0. The van der Waals surface area contributed by atoms with Crippen LogP contribution in [-0.4, -0.2) is 39.5 Å². The van der Waals surface area contributed by atoms with Gasteiger partial charge in [0.05, 0.1) is 18.9 Å². The van der Waals surface area contributed by atoms with Gasteiger partial charge in [-0.3, -0.25) is 9.78 Å². The highest BCUT2D eigenvalue weighted by molar-refractivity contribution is 8.13. The van der Waals surface area contributed by atoms with Crippen molar-refractivity contribution in [2.24, 2.45) is 16.6 Å². The lowest BCUT2D eigenvalue weighted by Crippen LogP contribution is -2.41. The van der Waals surface area contributed by atoms with Crippen LogP contribution >= 0.6 is 11.8 Å². The van der Waals surface area contributed by atoms with E-state index >= 15 is 0 Å². The zero-order valence-electron chi connectivity index (χ0n) is 14.6. The van der Waals surface area contributed by atoms with Gasteiger partial charge in [-0.1, -0.05) is 11.8 Å². The molecule has 7 nitrogen and oxygen atoms in total. The molecule has 1 fully saturated rings. The average Bonchev–Trinajstić information content (AvgIpc) is 3.00. The first-order valence-electron chi connectivity index (χ1n) is 8.47. The van der Waals surface area contributed by atoms with Crippen LogP contribution in [0.5, 0.6) is 0 Å². The summed E-state index contributed by atoms with van der Waals surface area (Å²) >= 11 is 1.45. The predicted molar refractivity (Wildman–Crippen MR) is 101 cm³/mol. The molecule has 2 aliphatic heterocycles.